The van der Waals surface area contributed by atoms with Crippen molar-refractivity contribution in [3.8, 4) is 5.75 Å². The van der Waals surface area contributed by atoms with Gasteiger partial charge in [0.05, 0.1) is 4.91 Å². The normalized spacial score (nSPS) is 18.6. The summed E-state index contributed by atoms with van der Waals surface area (Å²) in [4.78, 5) is 32.3. The zero-order valence-electron chi connectivity index (χ0n) is 19.1. The fourth-order valence-electron chi connectivity index (χ4n) is 3.81. The molecule has 2 aromatic rings. The molecule has 1 aromatic carbocycles. The van der Waals surface area contributed by atoms with Gasteiger partial charge in [-0.25, -0.2) is 0 Å². The van der Waals surface area contributed by atoms with Crippen molar-refractivity contribution in [3.05, 3.63) is 40.6 Å². The number of nitrogens with one attached hydrogen (secondary N) is 1. The quantitative estimate of drug-likeness (QED) is 0.580. The van der Waals surface area contributed by atoms with Crippen molar-refractivity contribution >= 4 is 35.0 Å². The van der Waals surface area contributed by atoms with E-state index in [1.54, 1.807) is 6.08 Å². The monoisotopic (exact) mass is 471 g/mol. The number of ether oxygens (including phenoxy) is 1. The van der Waals surface area contributed by atoms with E-state index in [1.807, 2.05) is 24.3 Å². The van der Waals surface area contributed by atoms with Crippen LogP contribution in [0.5, 0.6) is 5.75 Å². The molecule has 3 heterocycles. The van der Waals surface area contributed by atoms with Crippen molar-refractivity contribution in [2.24, 2.45) is 0 Å². The topological polar surface area (TPSA) is 101 Å². The first-order valence-corrected chi connectivity index (χ1v) is 12.0. The van der Waals surface area contributed by atoms with Crippen LogP contribution in [0.15, 0.2) is 33.7 Å². The minimum Gasteiger partial charge on any atom is -0.492 e. The van der Waals surface area contributed by atoms with Crippen LogP contribution in [0.4, 0.5) is 10.8 Å². The fraction of sp³-hybridized carbons (Fsp3) is 0.478. The Balaban J connectivity index is 1.20. The van der Waals surface area contributed by atoms with Crippen molar-refractivity contribution in [1.29, 1.82) is 0 Å². The van der Waals surface area contributed by atoms with E-state index in [1.165, 1.54) is 0 Å². The summed E-state index contributed by atoms with van der Waals surface area (Å²) in [7, 11) is 2.13. The van der Waals surface area contributed by atoms with Crippen LogP contribution in [0, 0.1) is 0 Å². The number of likely N-dealkylation sites (N-methyl/N-ethyl adjacent to an activating group) is 1. The highest BCUT2D eigenvalue weighted by Gasteiger charge is 2.26. The Morgan fingerprint density at radius 3 is 2.61 bits per heavy atom. The van der Waals surface area contributed by atoms with Gasteiger partial charge in [-0.15, -0.1) is 0 Å². The summed E-state index contributed by atoms with van der Waals surface area (Å²) < 4.78 is 11.3. The summed E-state index contributed by atoms with van der Waals surface area (Å²) in [5.41, 5.74) is 0.848. The zero-order chi connectivity index (χ0) is 23.4. The van der Waals surface area contributed by atoms with E-state index in [4.69, 9.17) is 9.26 Å². The van der Waals surface area contributed by atoms with Gasteiger partial charge in [0.2, 0.25) is 0 Å². The van der Waals surface area contributed by atoms with E-state index < -0.39 is 0 Å². The Morgan fingerprint density at radius 1 is 1.27 bits per heavy atom. The second-order valence-corrected chi connectivity index (χ2v) is 9.57. The van der Waals surface area contributed by atoms with Gasteiger partial charge in [-0.1, -0.05) is 31.1 Å². The molecule has 0 atom stereocenters. The molecule has 0 spiro atoms. The highest BCUT2D eigenvalue weighted by Crippen LogP contribution is 2.26. The first-order chi connectivity index (χ1) is 15.9. The van der Waals surface area contributed by atoms with Crippen LogP contribution in [0.1, 0.15) is 44.0 Å². The molecular weight excluding hydrogens is 442 g/mol. The average Bonchev–Trinajstić information content (AvgIpc) is 3.42. The van der Waals surface area contributed by atoms with Crippen LogP contribution >= 0.6 is 11.8 Å². The number of hydrogen-bond donors (Lipinski definition) is 1. The minimum atomic E-state index is -0.350. The van der Waals surface area contributed by atoms with Gasteiger partial charge < -0.3 is 14.2 Å². The van der Waals surface area contributed by atoms with Crippen molar-refractivity contribution in [1.82, 2.24) is 20.4 Å². The highest BCUT2D eigenvalue weighted by atomic mass is 32.2. The van der Waals surface area contributed by atoms with E-state index in [-0.39, 0.29) is 17.1 Å². The third-order valence-corrected chi connectivity index (χ3v) is 6.65. The van der Waals surface area contributed by atoms with E-state index in [2.05, 4.69) is 46.2 Å². The lowest BCUT2D eigenvalue weighted by molar-refractivity contribution is -0.115. The summed E-state index contributed by atoms with van der Waals surface area (Å²) in [5, 5.41) is 5.98. The standard InChI is InChI=1S/C23H29N5O4S/c1-15(2)20-24-22(32-26-20)28-10-8-17(9-11-28)27(3)12-13-31-18-6-4-16(5-7-18)14-19-21(29)25-23(30)33-19/h4-7,14-15,17H,8-13H2,1-3H3,(H,25,29,30). The van der Waals surface area contributed by atoms with Gasteiger partial charge in [-0.3, -0.25) is 19.8 Å². The van der Waals surface area contributed by atoms with Crippen LogP contribution in [-0.4, -0.2) is 65.5 Å². The number of aromatic nitrogens is 2. The number of hydrogen-bond acceptors (Lipinski definition) is 9. The third kappa shape index (κ3) is 5.94. The van der Waals surface area contributed by atoms with Gasteiger partial charge in [0.25, 0.3) is 11.1 Å². The Hall–Kier alpha value is -2.85. The number of carbonyl (C=O) groups is 2. The van der Waals surface area contributed by atoms with Crippen molar-refractivity contribution in [3.63, 3.8) is 0 Å². The molecule has 2 saturated heterocycles. The Labute approximate surface area is 197 Å². The van der Waals surface area contributed by atoms with Gasteiger partial charge >= 0.3 is 6.01 Å². The fourth-order valence-corrected chi connectivity index (χ4v) is 4.49. The number of amides is 2. The molecule has 33 heavy (non-hydrogen) atoms. The number of nitrogens with zero attached hydrogens (tertiary/aromatic N) is 4. The Bertz CT molecular complexity index is 1010. The molecule has 2 aliphatic heterocycles. The molecule has 176 valence electrons. The van der Waals surface area contributed by atoms with Crippen LogP contribution in [-0.2, 0) is 4.79 Å². The lowest BCUT2D eigenvalue weighted by Crippen LogP contribution is -2.44. The van der Waals surface area contributed by atoms with Crippen molar-refractivity contribution < 1.29 is 18.8 Å². The summed E-state index contributed by atoms with van der Waals surface area (Å²) in [6, 6.07) is 8.62. The van der Waals surface area contributed by atoms with Gasteiger partial charge in [-0.2, -0.15) is 4.98 Å². The molecule has 2 amide bonds. The van der Waals surface area contributed by atoms with Crippen molar-refractivity contribution in [2.75, 3.05) is 38.2 Å². The molecule has 2 fully saturated rings. The van der Waals surface area contributed by atoms with E-state index in [0.717, 1.165) is 61.4 Å². The number of anilines is 1. The number of thioether (sulfide) groups is 1. The number of rotatable bonds is 8. The van der Waals surface area contributed by atoms with E-state index >= 15 is 0 Å². The molecule has 0 bridgehead atoms. The molecule has 2 aliphatic rings. The van der Waals surface area contributed by atoms with Crippen LogP contribution < -0.4 is 15.0 Å². The molecule has 4 rings (SSSR count). The number of carbonyl (C=O) groups excluding carboxylic acids is 2. The Morgan fingerprint density at radius 2 is 2.00 bits per heavy atom. The predicted octanol–water partition coefficient (Wildman–Crippen LogP) is 3.50. The second-order valence-electron chi connectivity index (χ2n) is 8.56. The number of benzene rings is 1. The largest absolute Gasteiger partial charge is 0.492 e. The molecule has 0 aliphatic carbocycles. The SMILES string of the molecule is CC(C)c1noc(N2CCC(N(C)CCOc3ccc(C=C4SC(=O)NC4=O)cc3)CC2)n1. The maximum atomic E-state index is 11.6. The maximum absolute atomic E-state index is 11.6. The molecule has 0 saturated carbocycles. The highest BCUT2D eigenvalue weighted by molar-refractivity contribution is 8.18. The lowest BCUT2D eigenvalue weighted by Gasteiger charge is -2.35. The molecule has 0 unspecified atom stereocenters. The first kappa shape index (κ1) is 23.3. The summed E-state index contributed by atoms with van der Waals surface area (Å²) >= 11 is 0.914. The molecular formula is C23H29N5O4S. The number of imide groups is 1. The van der Waals surface area contributed by atoms with Gasteiger partial charge in [0, 0.05) is 31.6 Å². The molecule has 1 N–H and O–H groups in total. The maximum Gasteiger partial charge on any atom is 0.324 e. The first-order valence-electron chi connectivity index (χ1n) is 11.2. The van der Waals surface area contributed by atoms with E-state index in [9.17, 15) is 9.59 Å². The molecule has 0 radical (unpaired) electrons. The predicted molar refractivity (Wildman–Crippen MR) is 127 cm³/mol. The summed E-state index contributed by atoms with van der Waals surface area (Å²) in [6.07, 6.45) is 3.77. The molecule has 10 heteroatoms. The summed E-state index contributed by atoms with van der Waals surface area (Å²) in [6.45, 7) is 7.33. The van der Waals surface area contributed by atoms with Gasteiger partial charge in [-0.05, 0) is 55.4 Å². The van der Waals surface area contributed by atoms with Crippen molar-refractivity contribution in [2.45, 2.75) is 38.6 Å². The van der Waals surface area contributed by atoms with Crippen LogP contribution in [0.25, 0.3) is 6.08 Å². The van der Waals surface area contributed by atoms with Crippen LogP contribution in [0.3, 0.4) is 0 Å². The van der Waals surface area contributed by atoms with Crippen LogP contribution in [0.2, 0.25) is 0 Å². The zero-order valence-corrected chi connectivity index (χ0v) is 19.9. The molecule has 1 aromatic heterocycles. The molecule has 9 nitrogen and oxygen atoms in total. The smallest absolute Gasteiger partial charge is 0.324 e. The van der Waals surface area contributed by atoms with Gasteiger partial charge in [0.1, 0.15) is 12.4 Å². The summed E-state index contributed by atoms with van der Waals surface area (Å²) in [5.74, 6) is 1.44. The lowest BCUT2D eigenvalue weighted by atomic mass is 10.0. The second kappa shape index (κ2) is 10.4. The third-order valence-electron chi connectivity index (χ3n) is 5.84. The minimum absolute atomic E-state index is 0.262. The van der Waals surface area contributed by atoms with E-state index in [0.29, 0.717) is 23.6 Å². The Kier molecular flexibility index (Phi) is 7.34. The average molecular weight is 472 g/mol. The number of piperidine rings is 1. The van der Waals surface area contributed by atoms with Gasteiger partial charge in [0.15, 0.2) is 5.82 Å².